The Hall–Kier alpha value is -2.13. The summed E-state index contributed by atoms with van der Waals surface area (Å²) in [6, 6.07) is 14.7. The maximum atomic E-state index is 5.88. The molecule has 0 aliphatic heterocycles. The molecule has 0 fully saturated rings. The van der Waals surface area contributed by atoms with E-state index < -0.39 is 0 Å². The Bertz CT molecular complexity index is 716. The molecule has 102 valence electrons. The van der Waals surface area contributed by atoms with Crippen molar-refractivity contribution in [3.8, 4) is 11.3 Å². The van der Waals surface area contributed by atoms with Gasteiger partial charge in [0.25, 0.3) is 0 Å². The van der Waals surface area contributed by atoms with E-state index in [4.69, 9.17) is 4.42 Å². The maximum Gasteiger partial charge on any atom is 0.134 e. The quantitative estimate of drug-likeness (QED) is 0.775. The molecule has 0 amide bonds. The Morgan fingerprint density at radius 3 is 2.90 bits per heavy atom. The van der Waals surface area contributed by atoms with Gasteiger partial charge in [0.05, 0.1) is 12.1 Å². The average molecular weight is 266 g/mol. The summed E-state index contributed by atoms with van der Waals surface area (Å²) in [4.78, 5) is 4.38. The highest BCUT2D eigenvalue weighted by molar-refractivity contribution is 5.83. The molecule has 0 spiro atoms. The molecule has 3 aromatic rings. The molecule has 2 heterocycles. The van der Waals surface area contributed by atoms with Crippen LogP contribution < -0.4 is 5.32 Å². The predicted octanol–water partition coefficient (Wildman–Crippen LogP) is 3.99. The normalized spacial score (nSPS) is 11.3. The molecule has 0 aliphatic rings. The molecule has 3 heteroatoms. The standard InChI is InChI=1S/C17H18N2O/c1-12(2)19-11-15-7-8-17(20-15)14-6-5-13-4-3-9-18-16(13)10-14/h3-10,12,19H,11H2,1-2H3. The van der Waals surface area contributed by atoms with E-state index in [2.05, 4.69) is 48.4 Å². The number of benzene rings is 1. The minimum absolute atomic E-state index is 0.452. The van der Waals surface area contributed by atoms with E-state index in [0.717, 1.165) is 34.5 Å². The summed E-state index contributed by atoms with van der Waals surface area (Å²) in [5.41, 5.74) is 2.05. The first-order valence-electron chi connectivity index (χ1n) is 6.89. The van der Waals surface area contributed by atoms with Crippen LogP contribution in [0.15, 0.2) is 53.1 Å². The van der Waals surface area contributed by atoms with Gasteiger partial charge in [-0.25, -0.2) is 0 Å². The molecule has 3 nitrogen and oxygen atoms in total. The first kappa shape index (κ1) is 12.9. The Balaban J connectivity index is 1.87. The Morgan fingerprint density at radius 1 is 1.15 bits per heavy atom. The molecule has 2 aromatic heterocycles. The summed E-state index contributed by atoms with van der Waals surface area (Å²) in [5, 5.41) is 4.49. The van der Waals surface area contributed by atoms with Crippen molar-refractivity contribution in [1.82, 2.24) is 10.3 Å². The second kappa shape index (κ2) is 5.47. The lowest BCUT2D eigenvalue weighted by Gasteiger charge is -2.05. The smallest absolute Gasteiger partial charge is 0.134 e. The molecule has 0 unspecified atom stereocenters. The third-order valence-electron chi connectivity index (χ3n) is 3.24. The molecule has 3 rings (SSSR count). The number of hydrogen-bond acceptors (Lipinski definition) is 3. The van der Waals surface area contributed by atoms with Crippen LogP contribution in [0.25, 0.3) is 22.2 Å². The van der Waals surface area contributed by atoms with Crippen LogP contribution in [0.3, 0.4) is 0 Å². The molecule has 0 radical (unpaired) electrons. The highest BCUT2D eigenvalue weighted by atomic mass is 16.3. The van der Waals surface area contributed by atoms with Crippen molar-refractivity contribution in [1.29, 1.82) is 0 Å². The molecule has 1 aromatic carbocycles. The van der Waals surface area contributed by atoms with Crippen LogP contribution >= 0.6 is 0 Å². The largest absolute Gasteiger partial charge is 0.460 e. The Kier molecular flexibility index (Phi) is 3.52. The van der Waals surface area contributed by atoms with Gasteiger partial charge in [-0.1, -0.05) is 32.0 Å². The third kappa shape index (κ3) is 2.73. The lowest BCUT2D eigenvalue weighted by Crippen LogP contribution is -2.21. The fourth-order valence-electron chi connectivity index (χ4n) is 2.15. The van der Waals surface area contributed by atoms with Gasteiger partial charge in [-0.05, 0) is 24.3 Å². The topological polar surface area (TPSA) is 38.1 Å². The highest BCUT2D eigenvalue weighted by Gasteiger charge is 2.06. The maximum absolute atomic E-state index is 5.88. The lowest BCUT2D eigenvalue weighted by molar-refractivity contribution is 0.473. The monoisotopic (exact) mass is 266 g/mol. The summed E-state index contributed by atoms with van der Waals surface area (Å²) in [5.74, 6) is 1.84. The van der Waals surface area contributed by atoms with Gasteiger partial charge in [0, 0.05) is 23.2 Å². The minimum Gasteiger partial charge on any atom is -0.460 e. The first-order valence-corrected chi connectivity index (χ1v) is 6.89. The van der Waals surface area contributed by atoms with Crippen molar-refractivity contribution >= 4 is 10.9 Å². The molecule has 1 N–H and O–H groups in total. The van der Waals surface area contributed by atoms with Gasteiger partial charge < -0.3 is 9.73 Å². The number of rotatable bonds is 4. The summed E-state index contributed by atoms with van der Waals surface area (Å²) in [6.45, 7) is 5.00. The van der Waals surface area contributed by atoms with E-state index in [1.807, 2.05) is 24.4 Å². The van der Waals surface area contributed by atoms with Crippen LogP contribution in [-0.4, -0.2) is 11.0 Å². The molecule has 0 atom stereocenters. The van der Waals surface area contributed by atoms with Crippen LogP contribution in [0.1, 0.15) is 19.6 Å². The summed E-state index contributed by atoms with van der Waals surface area (Å²) >= 11 is 0. The number of aromatic nitrogens is 1. The van der Waals surface area contributed by atoms with Crippen molar-refractivity contribution in [2.45, 2.75) is 26.4 Å². The Morgan fingerprint density at radius 2 is 2.05 bits per heavy atom. The van der Waals surface area contributed by atoms with Gasteiger partial charge in [-0.15, -0.1) is 0 Å². The van der Waals surface area contributed by atoms with Crippen LogP contribution in [0.4, 0.5) is 0 Å². The molecule has 0 saturated carbocycles. The van der Waals surface area contributed by atoms with Gasteiger partial charge in [0.1, 0.15) is 11.5 Å². The minimum atomic E-state index is 0.452. The molecule has 0 bridgehead atoms. The van der Waals surface area contributed by atoms with E-state index in [-0.39, 0.29) is 0 Å². The summed E-state index contributed by atoms with van der Waals surface area (Å²) < 4.78 is 5.88. The van der Waals surface area contributed by atoms with Gasteiger partial charge in [0.2, 0.25) is 0 Å². The van der Waals surface area contributed by atoms with E-state index in [0.29, 0.717) is 6.04 Å². The first-order chi connectivity index (χ1) is 9.72. The predicted molar refractivity (Wildman–Crippen MR) is 81.4 cm³/mol. The average Bonchev–Trinajstić information content (AvgIpc) is 2.93. The lowest BCUT2D eigenvalue weighted by atomic mass is 10.1. The van der Waals surface area contributed by atoms with E-state index in [9.17, 15) is 0 Å². The highest BCUT2D eigenvalue weighted by Crippen LogP contribution is 2.25. The molecular weight excluding hydrogens is 248 g/mol. The summed E-state index contributed by atoms with van der Waals surface area (Å²) in [7, 11) is 0. The van der Waals surface area contributed by atoms with Crippen molar-refractivity contribution in [2.75, 3.05) is 0 Å². The molecular formula is C17H18N2O. The number of furan rings is 1. The number of fused-ring (bicyclic) bond motifs is 1. The zero-order chi connectivity index (χ0) is 13.9. The molecule has 0 aliphatic carbocycles. The third-order valence-corrected chi connectivity index (χ3v) is 3.24. The van der Waals surface area contributed by atoms with E-state index >= 15 is 0 Å². The van der Waals surface area contributed by atoms with Crippen LogP contribution in [0.5, 0.6) is 0 Å². The number of pyridine rings is 1. The van der Waals surface area contributed by atoms with E-state index in [1.54, 1.807) is 0 Å². The van der Waals surface area contributed by atoms with Crippen molar-refractivity contribution in [3.05, 3.63) is 54.4 Å². The second-order valence-electron chi connectivity index (χ2n) is 5.21. The van der Waals surface area contributed by atoms with E-state index in [1.165, 1.54) is 0 Å². The molecule has 20 heavy (non-hydrogen) atoms. The number of nitrogens with one attached hydrogen (secondary N) is 1. The fourth-order valence-corrected chi connectivity index (χ4v) is 2.15. The van der Waals surface area contributed by atoms with Gasteiger partial charge >= 0.3 is 0 Å². The SMILES string of the molecule is CC(C)NCc1ccc(-c2ccc3cccnc3c2)o1. The Labute approximate surface area is 118 Å². The second-order valence-corrected chi connectivity index (χ2v) is 5.21. The van der Waals surface area contributed by atoms with Gasteiger partial charge in [-0.2, -0.15) is 0 Å². The summed E-state index contributed by atoms with van der Waals surface area (Å²) in [6.07, 6.45) is 1.81. The van der Waals surface area contributed by atoms with Crippen LogP contribution in [0.2, 0.25) is 0 Å². The zero-order valence-electron chi connectivity index (χ0n) is 11.8. The number of hydrogen-bond donors (Lipinski definition) is 1. The zero-order valence-corrected chi connectivity index (χ0v) is 11.8. The van der Waals surface area contributed by atoms with Crippen molar-refractivity contribution in [3.63, 3.8) is 0 Å². The number of nitrogens with zero attached hydrogens (tertiary/aromatic N) is 1. The van der Waals surface area contributed by atoms with Crippen molar-refractivity contribution in [2.24, 2.45) is 0 Å². The fraction of sp³-hybridized carbons (Fsp3) is 0.235. The molecule has 0 saturated heterocycles. The van der Waals surface area contributed by atoms with Crippen LogP contribution in [-0.2, 0) is 6.54 Å². The van der Waals surface area contributed by atoms with Crippen molar-refractivity contribution < 1.29 is 4.42 Å². The van der Waals surface area contributed by atoms with Gasteiger partial charge in [-0.3, -0.25) is 4.98 Å². The van der Waals surface area contributed by atoms with Gasteiger partial charge in [0.15, 0.2) is 0 Å². The van der Waals surface area contributed by atoms with Crippen LogP contribution in [0, 0.1) is 0 Å².